The van der Waals surface area contributed by atoms with Gasteiger partial charge in [0.05, 0.1) is 27.2 Å². The molecule has 1 fully saturated rings. The van der Waals surface area contributed by atoms with Crippen molar-refractivity contribution in [3.05, 3.63) is 40.4 Å². The van der Waals surface area contributed by atoms with Crippen LogP contribution in [0.2, 0.25) is 10.0 Å². The third-order valence-electron chi connectivity index (χ3n) is 4.91. The summed E-state index contributed by atoms with van der Waals surface area (Å²) in [5.41, 5.74) is 0.991. The smallest absolute Gasteiger partial charge is 0.173 e. The van der Waals surface area contributed by atoms with Crippen LogP contribution in [0.15, 0.2) is 35.2 Å². The first-order valence-electron chi connectivity index (χ1n) is 9.41. The Kier molecular flexibility index (Phi) is 8.03. The van der Waals surface area contributed by atoms with Crippen LogP contribution in [0.5, 0.6) is 17.2 Å². The Morgan fingerprint density at radius 1 is 1.03 bits per heavy atom. The molecule has 3 rings (SSSR count). The van der Waals surface area contributed by atoms with E-state index in [0.29, 0.717) is 34.4 Å². The van der Waals surface area contributed by atoms with E-state index in [0.717, 1.165) is 51.3 Å². The Morgan fingerprint density at radius 2 is 1.79 bits per heavy atom. The SMILES string of the molecule is OSc1cc(OCCCCN2CCN(c3cccc(Cl)c3Cl)CC2)cc(O)c1O. The van der Waals surface area contributed by atoms with E-state index < -0.39 is 0 Å². The van der Waals surface area contributed by atoms with Crippen LogP contribution in [0, 0.1) is 0 Å². The number of hydrogen-bond donors (Lipinski definition) is 3. The van der Waals surface area contributed by atoms with Crippen LogP contribution in [0.25, 0.3) is 0 Å². The number of phenolic OH excluding ortho intramolecular Hbond substituents is 2. The molecule has 0 amide bonds. The molecule has 9 heteroatoms. The van der Waals surface area contributed by atoms with Crippen molar-refractivity contribution in [2.24, 2.45) is 0 Å². The molecule has 2 aromatic carbocycles. The molecule has 0 aliphatic carbocycles. The number of rotatable bonds is 8. The summed E-state index contributed by atoms with van der Waals surface area (Å²) >= 11 is 12.8. The van der Waals surface area contributed by atoms with Crippen molar-refractivity contribution < 1.29 is 19.5 Å². The average molecular weight is 459 g/mol. The van der Waals surface area contributed by atoms with E-state index in [-0.39, 0.29) is 16.4 Å². The first-order valence-corrected chi connectivity index (χ1v) is 10.9. The zero-order chi connectivity index (χ0) is 20.8. The van der Waals surface area contributed by atoms with Crippen molar-refractivity contribution in [2.75, 3.05) is 44.2 Å². The van der Waals surface area contributed by atoms with Gasteiger partial charge in [0.1, 0.15) is 5.75 Å². The standard InChI is InChI=1S/C20H24Cl2N2O4S/c21-15-4-3-5-16(19(15)22)24-9-7-23(8-10-24)6-1-2-11-28-14-12-17(25)20(26)18(13-14)29-27/h3-5,12-13,25-27H,1-2,6-11H2. The van der Waals surface area contributed by atoms with Crippen LogP contribution >= 0.6 is 35.2 Å². The second-order valence-corrected chi connectivity index (χ2v) is 8.25. The summed E-state index contributed by atoms with van der Waals surface area (Å²) in [4.78, 5) is 4.85. The highest BCUT2D eigenvalue weighted by molar-refractivity contribution is 7.93. The largest absolute Gasteiger partial charge is 0.504 e. The van der Waals surface area contributed by atoms with Gasteiger partial charge in [-0.2, -0.15) is 0 Å². The van der Waals surface area contributed by atoms with Crippen LogP contribution in [-0.2, 0) is 0 Å². The molecule has 0 atom stereocenters. The van der Waals surface area contributed by atoms with Gasteiger partial charge in [-0.1, -0.05) is 29.3 Å². The van der Waals surface area contributed by atoms with Crippen LogP contribution < -0.4 is 9.64 Å². The van der Waals surface area contributed by atoms with Crippen molar-refractivity contribution in [3.63, 3.8) is 0 Å². The van der Waals surface area contributed by atoms with Crippen LogP contribution in [0.4, 0.5) is 5.69 Å². The number of hydrogen-bond acceptors (Lipinski definition) is 7. The highest BCUT2D eigenvalue weighted by atomic mass is 35.5. The van der Waals surface area contributed by atoms with Gasteiger partial charge in [0.2, 0.25) is 0 Å². The second-order valence-electron chi connectivity index (χ2n) is 6.84. The number of ether oxygens (including phenoxy) is 1. The minimum atomic E-state index is -0.344. The highest BCUT2D eigenvalue weighted by Crippen LogP contribution is 2.38. The van der Waals surface area contributed by atoms with E-state index in [4.69, 9.17) is 32.5 Å². The molecule has 1 aliphatic heterocycles. The van der Waals surface area contributed by atoms with E-state index in [2.05, 4.69) is 9.80 Å². The summed E-state index contributed by atoms with van der Waals surface area (Å²) in [6, 6.07) is 8.57. The van der Waals surface area contributed by atoms with Gasteiger partial charge in [0, 0.05) is 50.4 Å². The van der Waals surface area contributed by atoms with Gasteiger partial charge in [-0.25, -0.2) is 0 Å². The molecule has 0 spiro atoms. The fourth-order valence-corrected chi connectivity index (χ4v) is 4.07. The lowest BCUT2D eigenvalue weighted by atomic mass is 10.2. The molecule has 0 unspecified atom stereocenters. The molecule has 1 aliphatic rings. The molecule has 0 saturated carbocycles. The molecular formula is C20H24Cl2N2O4S. The molecular weight excluding hydrogens is 435 g/mol. The topological polar surface area (TPSA) is 76.4 Å². The predicted octanol–water partition coefficient (Wildman–Crippen LogP) is 4.95. The van der Waals surface area contributed by atoms with E-state index in [1.807, 2.05) is 12.1 Å². The van der Waals surface area contributed by atoms with Crippen LogP contribution in [0.1, 0.15) is 12.8 Å². The molecule has 3 N–H and O–H groups in total. The van der Waals surface area contributed by atoms with E-state index in [1.54, 1.807) is 6.07 Å². The summed E-state index contributed by atoms with van der Waals surface area (Å²) in [6.07, 6.45) is 1.85. The van der Waals surface area contributed by atoms with Gasteiger partial charge in [-0.3, -0.25) is 4.90 Å². The Balaban J connectivity index is 1.37. The maximum Gasteiger partial charge on any atom is 0.173 e. The van der Waals surface area contributed by atoms with Gasteiger partial charge in [-0.15, -0.1) is 0 Å². The molecule has 0 aromatic heterocycles. The molecule has 6 nitrogen and oxygen atoms in total. The number of unbranched alkanes of at least 4 members (excludes halogenated alkanes) is 1. The third-order valence-corrected chi connectivity index (χ3v) is 6.23. The summed E-state index contributed by atoms with van der Waals surface area (Å²) < 4.78 is 14.7. The summed E-state index contributed by atoms with van der Waals surface area (Å²) in [6.45, 7) is 5.23. The lowest BCUT2D eigenvalue weighted by Gasteiger charge is -2.36. The van der Waals surface area contributed by atoms with Gasteiger partial charge in [-0.05, 0) is 31.5 Å². The Hall–Kier alpha value is -1.51. The molecule has 1 heterocycles. The van der Waals surface area contributed by atoms with Crippen molar-refractivity contribution in [1.29, 1.82) is 0 Å². The maximum atomic E-state index is 9.64. The van der Waals surface area contributed by atoms with Gasteiger partial charge in [0.15, 0.2) is 11.5 Å². The van der Waals surface area contributed by atoms with E-state index >= 15 is 0 Å². The summed E-state index contributed by atoms with van der Waals surface area (Å²) in [5.74, 6) is -0.233. The normalized spacial score (nSPS) is 14.9. The summed E-state index contributed by atoms with van der Waals surface area (Å²) in [7, 11) is 0. The van der Waals surface area contributed by atoms with Gasteiger partial charge < -0.3 is 24.4 Å². The number of aromatic hydroxyl groups is 2. The highest BCUT2D eigenvalue weighted by Gasteiger charge is 2.19. The van der Waals surface area contributed by atoms with Crippen molar-refractivity contribution in [2.45, 2.75) is 17.7 Å². The molecule has 29 heavy (non-hydrogen) atoms. The fourth-order valence-electron chi connectivity index (χ4n) is 3.30. The molecule has 2 aromatic rings. The van der Waals surface area contributed by atoms with Crippen LogP contribution in [-0.4, -0.2) is 59.0 Å². The Bertz CT molecular complexity index is 832. The Labute approximate surface area is 184 Å². The number of piperazine rings is 1. The quantitative estimate of drug-likeness (QED) is 0.293. The number of halogens is 2. The van der Waals surface area contributed by atoms with Crippen LogP contribution in [0.3, 0.4) is 0 Å². The molecule has 0 radical (unpaired) electrons. The average Bonchev–Trinajstić information content (AvgIpc) is 2.73. The monoisotopic (exact) mass is 458 g/mol. The molecule has 0 bridgehead atoms. The first kappa shape index (κ1) is 22.2. The number of phenols is 2. The fraction of sp³-hybridized carbons (Fsp3) is 0.400. The number of nitrogens with zero attached hydrogens (tertiary/aromatic N) is 2. The lowest BCUT2D eigenvalue weighted by molar-refractivity contribution is 0.238. The Morgan fingerprint density at radius 3 is 2.52 bits per heavy atom. The number of anilines is 1. The predicted molar refractivity (Wildman–Crippen MR) is 118 cm³/mol. The zero-order valence-electron chi connectivity index (χ0n) is 15.9. The van der Waals surface area contributed by atoms with E-state index in [1.165, 1.54) is 12.1 Å². The minimum absolute atomic E-state index is 0.165. The zero-order valence-corrected chi connectivity index (χ0v) is 18.2. The molecule has 158 valence electrons. The lowest BCUT2D eigenvalue weighted by Crippen LogP contribution is -2.46. The number of benzene rings is 2. The first-order chi connectivity index (χ1) is 14.0. The third kappa shape index (κ3) is 5.77. The van der Waals surface area contributed by atoms with Crippen molar-refractivity contribution in [1.82, 2.24) is 4.90 Å². The second kappa shape index (κ2) is 10.5. The van der Waals surface area contributed by atoms with Gasteiger partial charge in [0.25, 0.3) is 0 Å². The van der Waals surface area contributed by atoms with E-state index in [9.17, 15) is 10.2 Å². The van der Waals surface area contributed by atoms with Gasteiger partial charge >= 0.3 is 0 Å². The van der Waals surface area contributed by atoms with Crippen molar-refractivity contribution >= 4 is 40.9 Å². The summed E-state index contributed by atoms with van der Waals surface area (Å²) in [5, 5.41) is 20.4. The molecule has 1 saturated heterocycles. The minimum Gasteiger partial charge on any atom is -0.504 e. The maximum absolute atomic E-state index is 9.64. The van der Waals surface area contributed by atoms with Crippen molar-refractivity contribution in [3.8, 4) is 17.2 Å².